The van der Waals surface area contributed by atoms with E-state index in [0.717, 1.165) is 32.4 Å². The normalized spacial score (nSPS) is 28.9. The zero-order chi connectivity index (χ0) is 14.4. The van der Waals surface area contributed by atoms with Gasteiger partial charge in [0.15, 0.2) is 0 Å². The van der Waals surface area contributed by atoms with Gasteiger partial charge in [0.1, 0.15) is 0 Å². The van der Waals surface area contributed by atoms with Crippen molar-refractivity contribution in [2.75, 3.05) is 13.1 Å². The molecule has 0 aliphatic heterocycles. The molecule has 2 atom stereocenters. The van der Waals surface area contributed by atoms with Gasteiger partial charge in [0.25, 0.3) is 0 Å². The van der Waals surface area contributed by atoms with Gasteiger partial charge in [-0.1, -0.05) is 38.5 Å². The lowest BCUT2D eigenvalue weighted by atomic mass is 9.82. The highest BCUT2D eigenvalue weighted by molar-refractivity contribution is 5.79. The highest BCUT2D eigenvalue weighted by Gasteiger charge is 2.34. The summed E-state index contributed by atoms with van der Waals surface area (Å²) in [6.45, 7) is 3.73. The molecule has 2 rings (SSSR count). The van der Waals surface area contributed by atoms with Gasteiger partial charge < -0.3 is 10.6 Å². The molecule has 3 heteroatoms. The van der Waals surface area contributed by atoms with Crippen LogP contribution in [0.25, 0.3) is 0 Å². The molecule has 0 radical (unpaired) electrons. The van der Waals surface area contributed by atoms with Crippen LogP contribution in [0.3, 0.4) is 0 Å². The Labute approximate surface area is 124 Å². The summed E-state index contributed by atoms with van der Waals surface area (Å²) < 4.78 is 0. The quantitative estimate of drug-likeness (QED) is 0.803. The van der Waals surface area contributed by atoms with E-state index in [4.69, 9.17) is 5.73 Å². The summed E-state index contributed by atoms with van der Waals surface area (Å²) in [6, 6.07) is 0.412. The summed E-state index contributed by atoms with van der Waals surface area (Å²) >= 11 is 0. The molecule has 2 aliphatic carbocycles. The maximum atomic E-state index is 12.9. The number of carbonyl (C=O) groups is 1. The van der Waals surface area contributed by atoms with E-state index >= 15 is 0 Å². The Balaban J connectivity index is 2.03. The average molecular weight is 280 g/mol. The van der Waals surface area contributed by atoms with Crippen LogP contribution in [0.15, 0.2) is 0 Å². The predicted octanol–water partition coefficient (Wildman–Crippen LogP) is 3.32. The molecule has 0 spiro atoms. The molecule has 2 N–H and O–H groups in total. The summed E-state index contributed by atoms with van der Waals surface area (Å²) in [5.41, 5.74) is 5.95. The first-order valence-corrected chi connectivity index (χ1v) is 8.78. The Kier molecular flexibility index (Phi) is 6.34. The maximum Gasteiger partial charge on any atom is 0.225 e. The van der Waals surface area contributed by atoms with Crippen molar-refractivity contribution in [3.8, 4) is 0 Å². The lowest BCUT2D eigenvalue weighted by Gasteiger charge is -2.40. The van der Waals surface area contributed by atoms with Gasteiger partial charge in [-0.3, -0.25) is 4.79 Å². The SMILES string of the molecule is CCN(C(=O)C1CCCCCC1)C1CCCCC1CN. The molecular weight excluding hydrogens is 248 g/mol. The van der Waals surface area contributed by atoms with Crippen molar-refractivity contribution >= 4 is 5.91 Å². The number of nitrogens with zero attached hydrogens (tertiary/aromatic N) is 1. The van der Waals surface area contributed by atoms with Crippen LogP contribution in [-0.2, 0) is 4.79 Å². The van der Waals surface area contributed by atoms with E-state index in [1.54, 1.807) is 0 Å². The molecule has 3 nitrogen and oxygen atoms in total. The standard InChI is InChI=1S/C17H32N2O/c1-2-19(16-12-8-7-11-15(16)13-18)17(20)14-9-5-3-4-6-10-14/h14-16H,2-13,18H2,1H3. The molecule has 0 bridgehead atoms. The van der Waals surface area contributed by atoms with E-state index in [0.29, 0.717) is 17.9 Å². The number of hydrogen-bond donors (Lipinski definition) is 1. The van der Waals surface area contributed by atoms with Crippen molar-refractivity contribution < 1.29 is 4.79 Å². The van der Waals surface area contributed by atoms with Crippen molar-refractivity contribution in [2.24, 2.45) is 17.6 Å². The van der Waals surface area contributed by atoms with Crippen LogP contribution < -0.4 is 5.73 Å². The number of carbonyl (C=O) groups excluding carboxylic acids is 1. The number of rotatable bonds is 4. The third-order valence-corrected chi connectivity index (χ3v) is 5.40. The topological polar surface area (TPSA) is 46.3 Å². The zero-order valence-electron chi connectivity index (χ0n) is 13.2. The highest BCUT2D eigenvalue weighted by Crippen LogP contribution is 2.31. The van der Waals surface area contributed by atoms with Crippen molar-refractivity contribution in [1.82, 2.24) is 4.90 Å². The second-order valence-corrected chi connectivity index (χ2v) is 6.66. The molecule has 2 aliphatic rings. The van der Waals surface area contributed by atoms with Crippen LogP contribution >= 0.6 is 0 Å². The lowest BCUT2D eigenvalue weighted by molar-refractivity contribution is -0.140. The molecule has 0 saturated heterocycles. The van der Waals surface area contributed by atoms with E-state index in [1.807, 2.05) is 0 Å². The lowest BCUT2D eigenvalue weighted by Crippen LogP contribution is -2.49. The van der Waals surface area contributed by atoms with Gasteiger partial charge in [-0.25, -0.2) is 0 Å². The fraction of sp³-hybridized carbons (Fsp3) is 0.941. The van der Waals surface area contributed by atoms with Crippen LogP contribution in [0.1, 0.15) is 71.1 Å². The minimum atomic E-state index is 0.290. The van der Waals surface area contributed by atoms with E-state index in [2.05, 4.69) is 11.8 Å². The molecular formula is C17H32N2O. The molecule has 0 aromatic heterocycles. The Hall–Kier alpha value is -0.570. The first kappa shape index (κ1) is 15.8. The third kappa shape index (κ3) is 3.75. The van der Waals surface area contributed by atoms with Crippen LogP contribution in [0.5, 0.6) is 0 Å². The first-order valence-electron chi connectivity index (χ1n) is 8.78. The fourth-order valence-corrected chi connectivity index (χ4v) is 4.19. The average Bonchev–Trinajstić information content (AvgIpc) is 2.77. The largest absolute Gasteiger partial charge is 0.339 e. The van der Waals surface area contributed by atoms with Gasteiger partial charge in [-0.15, -0.1) is 0 Å². The molecule has 1 amide bonds. The molecule has 2 saturated carbocycles. The fourth-order valence-electron chi connectivity index (χ4n) is 4.19. The second-order valence-electron chi connectivity index (χ2n) is 6.66. The summed E-state index contributed by atoms with van der Waals surface area (Å²) in [4.78, 5) is 15.1. The minimum absolute atomic E-state index is 0.290. The number of nitrogens with two attached hydrogens (primary N) is 1. The van der Waals surface area contributed by atoms with E-state index in [9.17, 15) is 4.79 Å². The number of hydrogen-bond acceptors (Lipinski definition) is 2. The zero-order valence-corrected chi connectivity index (χ0v) is 13.2. The van der Waals surface area contributed by atoms with Gasteiger partial charge in [0.2, 0.25) is 5.91 Å². The summed E-state index contributed by atoms with van der Waals surface area (Å²) in [5, 5.41) is 0. The van der Waals surface area contributed by atoms with E-state index < -0.39 is 0 Å². The van der Waals surface area contributed by atoms with Crippen LogP contribution in [0.2, 0.25) is 0 Å². The van der Waals surface area contributed by atoms with Gasteiger partial charge in [-0.2, -0.15) is 0 Å². The summed E-state index contributed by atoms with van der Waals surface area (Å²) in [6.07, 6.45) is 12.2. The van der Waals surface area contributed by atoms with Crippen LogP contribution in [0.4, 0.5) is 0 Å². The van der Waals surface area contributed by atoms with Crippen LogP contribution in [-0.4, -0.2) is 29.9 Å². The minimum Gasteiger partial charge on any atom is -0.339 e. The molecule has 0 aromatic rings. The van der Waals surface area contributed by atoms with Crippen molar-refractivity contribution in [3.05, 3.63) is 0 Å². The summed E-state index contributed by atoms with van der Waals surface area (Å²) in [7, 11) is 0. The van der Waals surface area contributed by atoms with Gasteiger partial charge in [0, 0.05) is 18.5 Å². The molecule has 0 heterocycles. The molecule has 116 valence electrons. The van der Waals surface area contributed by atoms with E-state index in [-0.39, 0.29) is 5.92 Å². The van der Waals surface area contributed by atoms with Crippen LogP contribution in [0, 0.1) is 11.8 Å². The summed E-state index contributed by atoms with van der Waals surface area (Å²) in [5.74, 6) is 1.25. The van der Waals surface area contributed by atoms with Crippen molar-refractivity contribution in [3.63, 3.8) is 0 Å². The Morgan fingerprint density at radius 2 is 1.60 bits per heavy atom. The van der Waals surface area contributed by atoms with Crippen molar-refractivity contribution in [1.29, 1.82) is 0 Å². The van der Waals surface area contributed by atoms with E-state index in [1.165, 1.54) is 44.9 Å². The van der Waals surface area contributed by atoms with Gasteiger partial charge in [0.05, 0.1) is 0 Å². The first-order chi connectivity index (χ1) is 9.77. The molecule has 0 aromatic carbocycles. The second kappa shape index (κ2) is 8.02. The number of amides is 1. The highest BCUT2D eigenvalue weighted by atomic mass is 16.2. The van der Waals surface area contributed by atoms with Gasteiger partial charge >= 0.3 is 0 Å². The molecule has 20 heavy (non-hydrogen) atoms. The monoisotopic (exact) mass is 280 g/mol. The Morgan fingerprint density at radius 3 is 2.20 bits per heavy atom. The predicted molar refractivity (Wildman–Crippen MR) is 83.4 cm³/mol. The molecule has 2 unspecified atom stereocenters. The third-order valence-electron chi connectivity index (χ3n) is 5.40. The maximum absolute atomic E-state index is 12.9. The smallest absolute Gasteiger partial charge is 0.225 e. The Morgan fingerprint density at radius 1 is 1.00 bits per heavy atom. The van der Waals surface area contributed by atoms with Crippen molar-refractivity contribution in [2.45, 2.75) is 77.2 Å². The Bertz CT molecular complexity index is 297. The molecule has 2 fully saturated rings. The van der Waals surface area contributed by atoms with Gasteiger partial charge in [-0.05, 0) is 45.1 Å².